The Morgan fingerprint density at radius 3 is 2.53 bits per heavy atom. The number of nitro groups is 1. The van der Waals surface area contributed by atoms with Crippen LogP contribution in [0.5, 0.6) is 0 Å². The van der Waals surface area contributed by atoms with E-state index in [2.05, 4.69) is 10.4 Å². The van der Waals surface area contributed by atoms with Crippen molar-refractivity contribution in [1.29, 1.82) is 0 Å². The van der Waals surface area contributed by atoms with E-state index >= 15 is 0 Å². The van der Waals surface area contributed by atoms with Crippen LogP contribution in [0, 0.1) is 17.0 Å². The highest BCUT2D eigenvalue weighted by molar-refractivity contribution is 5.60. The van der Waals surface area contributed by atoms with Crippen molar-refractivity contribution in [3.05, 3.63) is 15.8 Å². The molecular formula is C13H22N4O2. The smallest absolute Gasteiger partial charge is 0.333 e. The van der Waals surface area contributed by atoms with Crippen molar-refractivity contribution in [2.24, 2.45) is 0 Å². The van der Waals surface area contributed by atoms with Crippen molar-refractivity contribution in [3.8, 4) is 0 Å². The summed E-state index contributed by atoms with van der Waals surface area (Å²) >= 11 is 0. The molecule has 1 aliphatic carbocycles. The average molecular weight is 266 g/mol. The summed E-state index contributed by atoms with van der Waals surface area (Å²) in [4.78, 5) is 10.9. The molecule has 0 amide bonds. The van der Waals surface area contributed by atoms with Crippen molar-refractivity contribution >= 4 is 11.5 Å². The number of aromatic nitrogens is 2. The Morgan fingerprint density at radius 1 is 1.37 bits per heavy atom. The first-order valence-corrected chi connectivity index (χ1v) is 7.11. The standard InChI is InChI=1S/C13H22N4O2/c1-3-16-13(12(17(18)19)10(2)15-16)14-11-8-6-4-5-7-9-11/h11,14H,3-9H2,1-2H3. The first-order chi connectivity index (χ1) is 9.13. The van der Waals surface area contributed by atoms with E-state index in [9.17, 15) is 10.1 Å². The Morgan fingerprint density at radius 2 is 2.00 bits per heavy atom. The van der Waals surface area contributed by atoms with E-state index in [1.165, 1.54) is 25.7 Å². The summed E-state index contributed by atoms with van der Waals surface area (Å²) in [5.41, 5.74) is 0.620. The molecule has 0 bridgehead atoms. The molecule has 2 rings (SSSR count). The van der Waals surface area contributed by atoms with Gasteiger partial charge in [-0.15, -0.1) is 0 Å². The monoisotopic (exact) mass is 266 g/mol. The van der Waals surface area contributed by atoms with Crippen LogP contribution < -0.4 is 5.32 Å². The lowest BCUT2D eigenvalue weighted by Crippen LogP contribution is -2.21. The summed E-state index contributed by atoms with van der Waals surface area (Å²) in [5.74, 6) is 0.580. The zero-order valence-corrected chi connectivity index (χ0v) is 11.7. The number of aryl methyl sites for hydroxylation is 2. The summed E-state index contributed by atoms with van der Waals surface area (Å²) in [6.45, 7) is 4.29. The van der Waals surface area contributed by atoms with Crippen LogP contribution in [0.2, 0.25) is 0 Å². The molecule has 1 aliphatic rings. The minimum atomic E-state index is -0.326. The second-order valence-electron chi connectivity index (χ2n) is 5.19. The minimum Gasteiger partial charge on any atom is -0.362 e. The van der Waals surface area contributed by atoms with E-state index in [0.717, 1.165) is 12.8 Å². The molecule has 6 nitrogen and oxygen atoms in total. The molecule has 0 radical (unpaired) electrons. The third kappa shape index (κ3) is 3.05. The van der Waals surface area contributed by atoms with E-state index in [1.807, 2.05) is 6.92 Å². The van der Waals surface area contributed by atoms with Gasteiger partial charge in [0.1, 0.15) is 5.69 Å². The van der Waals surface area contributed by atoms with Crippen molar-refractivity contribution in [1.82, 2.24) is 9.78 Å². The maximum Gasteiger partial charge on any atom is 0.333 e. The van der Waals surface area contributed by atoms with Crippen molar-refractivity contribution in [3.63, 3.8) is 0 Å². The Kier molecular flexibility index (Phi) is 4.39. The fourth-order valence-electron chi connectivity index (χ4n) is 2.78. The molecule has 0 spiro atoms. The second-order valence-corrected chi connectivity index (χ2v) is 5.19. The quantitative estimate of drug-likeness (QED) is 0.515. The highest BCUT2D eigenvalue weighted by Gasteiger charge is 2.26. The summed E-state index contributed by atoms with van der Waals surface area (Å²) in [6, 6.07) is 0.336. The SMILES string of the molecule is CCn1nc(C)c([N+](=O)[O-])c1NC1CCCCCC1. The van der Waals surface area contributed by atoms with Crippen LogP contribution in [-0.4, -0.2) is 20.7 Å². The van der Waals surface area contributed by atoms with Gasteiger partial charge in [-0.3, -0.25) is 10.1 Å². The molecule has 1 fully saturated rings. The van der Waals surface area contributed by atoms with Crippen LogP contribution in [0.3, 0.4) is 0 Å². The molecule has 106 valence electrons. The molecule has 1 N–H and O–H groups in total. The van der Waals surface area contributed by atoms with Crippen molar-refractivity contribution in [2.45, 2.75) is 65.0 Å². The van der Waals surface area contributed by atoms with E-state index in [4.69, 9.17) is 0 Å². The lowest BCUT2D eigenvalue weighted by atomic mass is 10.1. The van der Waals surface area contributed by atoms with Gasteiger partial charge < -0.3 is 5.32 Å². The number of rotatable bonds is 4. The van der Waals surface area contributed by atoms with Crippen molar-refractivity contribution in [2.75, 3.05) is 5.32 Å². The number of nitrogens with zero attached hydrogens (tertiary/aromatic N) is 3. The van der Waals surface area contributed by atoms with Gasteiger partial charge in [0.05, 0.1) is 4.92 Å². The van der Waals surface area contributed by atoms with Gasteiger partial charge >= 0.3 is 5.69 Å². The van der Waals surface area contributed by atoms with E-state index in [1.54, 1.807) is 11.6 Å². The first-order valence-electron chi connectivity index (χ1n) is 7.11. The molecule has 0 saturated heterocycles. The number of nitrogens with one attached hydrogen (secondary N) is 1. The molecule has 1 aromatic rings. The van der Waals surface area contributed by atoms with Gasteiger partial charge in [0, 0.05) is 12.6 Å². The fourth-order valence-corrected chi connectivity index (χ4v) is 2.78. The first kappa shape index (κ1) is 13.8. The fraction of sp³-hybridized carbons (Fsp3) is 0.769. The molecule has 19 heavy (non-hydrogen) atoms. The van der Waals surface area contributed by atoms with Gasteiger partial charge in [-0.05, 0) is 26.7 Å². The predicted molar refractivity (Wildman–Crippen MR) is 74.4 cm³/mol. The predicted octanol–water partition coefficient (Wildman–Crippen LogP) is 3.25. The second kappa shape index (κ2) is 6.04. The Labute approximate surface area is 113 Å². The Bertz CT molecular complexity index is 448. The third-order valence-corrected chi connectivity index (χ3v) is 3.77. The lowest BCUT2D eigenvalue weighted by Gasteiger charge is -2.17. The third-order valence-electron chi connectivity index (χ3n) is 3.77. The van der Waals surface area contributed by atoms with Gasteiger partial charge in [-0.2, -0.15) is 5.10 Å². The van der Waals surface area contributed by atoms with Crippen molar-refractivity contribution < 1.29 is 4.92 Å². The van der Waals surface area contributed by atoms with Crippen LogP contribution in [0.4, 0.5) is 11.5 Å². The van der Waals surface area contributed by atoms with Crippen LogP contribution >= 0.6 is 0 Å². The summed E-state index contributed by atoms with van der Waals surface area (Å²) in [6.07, 6.45) is 7.12. The summed E-state index contributed by atoms with van der Waals surface area (Å²) < 4.78 is 1.71. The number of anilines is 1. The normalized spacial score (nSPS) is 17.2. The zero-order chi connectivity index (χ0) is 13.8. The van der Waals surface area contributed by atoms with E-state index in [-0.39, 0.29) is 10.6 Å². The Balaban J connectivity index is 2.24. The molecule has 1 aromatic heterocycles. The van der Waals surface area contributed by atoms with Gasteiger partial charge in [0.25, 0.3) is 0 Å². The molecule has 1 saturated carbocycles. The van der Waals surface area contributed by atoms with Gasteiger partial charge in [-0.25, -0.2) is 4.68 Å². The average Bonchev–Trinajstić information content (AvgIpc) is 2.54. The molecule has 6 heteroatoms. The highest BCUT2D eigenvalue weighted by Crippen LogP contribution is 2.30. The topological polar surface area (TPSA) is 73.0 Å². The number of hydrogen-bond acceptors (Lipinski definition) is 4. The molecule has 1 heterocycles. The van der Waals surface area contributed by atoms with E-state index < -0.39 is 0 Å². The zero-order valence-electron chi connectivity index (χ0n) is 11.7. The van der Waals surface area contributed by atoms with Gasteiger partial charge in [0.15, 0.2) is 0 Å². The maximum atomic E-state index is 11.2. The van der Waals surface area contributed by atoms with E-state index in [0.29, 0.717) is 24.1 Å². The largest absolute Gasteiger partial charge is 0.362 e. The maximum absolute atomic E-state index is 11.2. The molecular weight excluding hydrogens is 244 g/mol. The van der Waals surface area contributed by atoms with Crippen LogP contribution in [0.25, 0.3) is 0 Å². The number of hydrogen-bond donors (Lipinski definition) is 1. The molecule has 0 aromatic carbocycles. The molecule has 0 unspecified atom stereocenters. The lowest BCUT2D eigenvalue weighted by molar-refractivity contribution is -0.384. The van der Waals surface area contributed by atoms with Crippen LogP contribution in [0.15, 0.2) is 0 Å². The summed E-state index contributed by atoms with van der Waals surface area (Å²) in [5, 5.41) is 18.8. The molecule has 0 aliphatic heterocycles. The molecule has 0 atom stereocenters. The minimum absolute atomic E-state index is 0.131. The van der Waals surface area contributed by atoms with Crippen LogP contribution in [0.1, 0.15) is 51.1 Å². The van der Waals surface area contributed by atoms with Crippen LogP contribution in [-0.2, 0) is 6.54 Å². The van der Waals surface area contributed by atoms with Gasteiger partial charge in [-0.1, -0.05) is 25.7 Å². The highest BCUT2D eigenvalue weighted by atomic mass is 16.6. The van der Waals surface area contributed by atoms with Gasteiger partial charge in [0.2, 0.25) is 5.82 Å². The Hall–Kier alpha value is -1.59. The summed E-state index contributed by atoms with van der Waals surface area (Å²) in [7, 11) is 0.